The smallest absolute Gasteiger partial charge is 0.332 e. The summed E-state index contributed by atoms with van der Waals surface area (Å²) in [5.74, 6) is -1.12. The van der Waals surface area contributed by atoms with E-state index in [1.807, 2.05) is 12.4 Å². The molecule has 1 unspecified atom stereocenters. The van der Waals surface area contributed by atoms with E-state index in [1.54, 1.807) is 11.3 Å². The van der Waals surface area contributed by atoms with Crippen LogP contribution in [0.1, 0.15) is 42.7 Å². The third kappa shape index (κ3) is 5.28. The van der Waals surface area contributed by atoms with Crippen LogP contribution in [0.5, 0.6) is 0 Å². The Hall–Kier alpha value is -0.940. The maximum absolute atomic E-state index is 10.4. The van der Waals surface area contributed by atoms with Gasteiger partial charge in [-0.1, -0.05) is 19.3 Å². The lowest BCUT2D eigenvalue weighted by atomic mass is 10.1. The minimum atomic E-state index is -1.20. The first-order valence-electron chi connectivity index (χ1n) is 5.91. The van der Waals surface area contributed by atoms with Crippen molar-refractivity contribution in [2.75, 3.05) is 0 Å². The van der Waals surface area contributed by atoms with E-state index in [2.05, 4.69) is 4.98 Å². The summed E-state index contributed by atoms with van der Waals surface area (Å²) in [5, 5.41) is 17.5. The number of aliphatic hydroxyl groups excluding tert-OH is 1. The van der Waals surface area contributed by atoms with Crippen LogP contribution in [0.15, 0.2) is 5.51 Å². The molecule has 96 valence electrons. The molecule has 1 atom stereocenters. The van der Waals surface area contributed by atoms with Crippen molar-refractivity contribution in [1.82, 2.24) is 4.98 Å². The Morgan fingerprint density at radius 1 is 1.41 bits per heavy atom. The number of aromatic nitrogens is 1. The zero-order chi connectivity index (χ0) is 12.7. The summed E-state index contributed by atoms with van der Waals surface area (Å²) < 4.78 is 0. The monoisotopic (exact) mass is 257 g/mol. The van der Waals surface area contributed by atoms with Gasteiger partial charge in [-0.15, -0.1) is 11.3 Å². The number of carboxylic acid groups (broad SMARTS) is 1. The van der Waals surface area contributed by atoms with Crippen molar-refractivity contribution >= 4 is 17.3 Å². The van der Waals surface area contributed by atoms with Gasteiger partial charge < -0.3 is 10.2 Å². The van der Waals surface area contributed by atoms with E-state index < -0.39 is 12.1 Å². The fraction of sp³-hybridized carbons (Fsp3) is 0.667. The first kappa shape index (κ1) is 14.1. The number of rotatable bonds is 8. The van der Waals surface area contributed by atoms with Gasteiger partial charge in [-0.3, -0.25) is 0 Å². The van der Waals surface area contributed by atoms with E-state index in [-0.39, 0.29) is 0 Å². The number of thiazole rings is 1. The lowest BCUT2D eigenvalue weighted by Crippen LogP contribution is -2.18. The van der Waals surface area contributed by atoms with Gasteiger partial charge in [0.2, 0.25) is 0 Å². The summed E-state index contributed by atoms with van der Waals surface area (Å²) in [6.07, 6.45) is 4.14. The Morgan fingerprint density at radius 3 is 2.71 bits per heavy atom. The molecule has 1 rings (SSSR count). The molecule has 0 saturated carbocycles. The lowest BCUT2D eigenvalue weighted by Gasteiger charge is -2.04. The molecule has 0 aromatic carbocycles. The number of carbonyl (C=O) groups is 1. The van der Waals surface area contributed by atoms with E-state index in [4.69, 9.17) is 10.2 Å². The molecule has 1 aromatic rings. The second-order valence-corrected chi connectivity index (χ2v) is 5.11. The number of carboxylic acids is 1. The molecular weight excluding hydrogens is 238 g/mol. The van der Waals surface area contributed by atoms with Gasteiger partial charge in [0.05, 0.1) is 11.2 Å². The third-order valence-corrected chi connectivity index (χ3v) is 3.76. The van der Waals surface area contributed by atoms with E-state index in [9.17, 15) is 4.79 Å². The zero-order valence-corrected chi connectivity index (χ0v) is 10.9. The van der Waals surface area contributed by atoms with Gasteiger partial charge in [-0.05, 0) is 26.2 Å². The Morgan fingerprint density at radius 2 is 2.12 bits per heavy atom. The van der Waals surface area contributed by atoms with Gasteiger partial charge in [0, 0.05) is 4.88 Å². The molecule has 0 saturated heterocycles. The predicted octanol–water partition coefficient (Wildman–Crippen LogP) is 2.39. The van der Waals surface area contributed by atoms with Crippen LogP contribution >= 0.6 is 11.3 Å². The van der Waals surface area contributed by atoms with Crippen LogP contribution in [0.25, 0.3) is 0 Å². The fourth-order valence-corrected chi connectivity index (χ4v) is 2.49. The van der Waals surface area contributed by atoms with Crippen LogP contribution in [0, 0.1) is 6.92 Å². The second-order valence-electron chi connectivity index (χ2n) is 4.17. The molecule has 1 heterocycles. The highest BCUT2D eigenvalue weighted by molar-refractivity contribution is 7.09. The van der Waals surface area contributed by atoms with Crippen molar-refractivity contribution in [3.05, 3.63) is 16.1 Å². The van der Waals surface area contributed by atoms with Gasteiger partial charge in [-0.2, -0.15) is 0 Å². The fourth-order valence-electron chi connectivity index (χ4n) is 1.67. The van der Waals surface area contributed by atoms with Crippen LogP contribution in [-0.2, 0) is 11.2 Å². The van der Waals surface area contributed by atoms with E-state index in [0.717, 1.165) is 37.8 Å². The minimum Gasteiger partial charge on any atom is -0.479 e. The molecule has 0 bridgehead atoms. The first-order chi connectivity index (χ1) is 8.11. The number of hydrogen-bond donors (Lipinski definition) is 2. The van der Waals surface area contributed by atoms with Gasteiger partial charge in [-0.25, -0.2) is 9.78 Å². The van der Waals surface area contributed by atoms with Crippen molar-refractivity contribution in [2.45, 2.75) is 51.6 Å². The Balaban J connectivity index is 2.02. The highest BCUT2D eigenvalue weighted by atomic mass is 32.1. The van der Waals surface area contributed by atoms with Crippen LogP contribution in [0.3, 0.4) is 0 Å². The molecule has 1 aromatic heterocycles. The van der Waals surface area contributed by atoms with E-state index in [1.165, 1.54) is 4.88 Å². The average Bonchev–Trinajstić information content (AvgIpc) is 2.68. The molecule has 0 aliphatic carbocycles. The minimum absolute atomic E-state index is 0.356. The molecule has 0 fully saturated rings. The molecule has 2 N–H and O–H groups in total. The molecule has 4 nitrogen and oxygen atoms in total. The summed E-state index contributed by atoms with van der Waals surface area (Å²) in [4.78, 5) is 15.9. The van der Waals surface area contributed by atoms with Gasteiger partial charge in [0.1, 0.15) is 0 Å². The summed E-state index contributed by atoms with van der Waals surface area (Å²) in [5.41, 5.74) is 2.99. The Labute approximate surface area is 105 Å². The summed E-state index contributed by atoms with van der Waals surface area (Å²) in [6.45, 7) is 2.02. The van der Waals surface area contributed by atoms with Crippen molar-refractivity contribution in [1.29, 1.82) is 0 Å². The second kappa shape index (κ2) is 7.40. The number of hydrogen-bond acceptors (Lipinski definition) is 4. The van der Waals surface area contributed by atoms with Gasteiger partial charge in [0.15, 0.2) is 6.10 Å². The van der Waals surface area contributed by atoms with Crippen molar-refractivity contribution in [3.63, 3.8) is 0 Å². The topological polar surface area (TPSA) is 70.4 Å². The van der Waals surface area contributed by atoms with Gasteiger partial charge >= 0.3 is 5.97 Å². The number of unbranched alkanes of at least 4 members (excludes halogenated alkanes) is 3. The predicted molar refractivity (Wildman–Crippen MR) is 67.3 cm³/mol. The molecular formula is C12H19NO3S. The number of aliphatic hydroxyl groups is 1. The largest absolute Gasteiger partial charge is 0.479 e. The molecule has 5 heteroatoms. The summed E-state index contributed by atoms with van der Waals surface area (Å²) in [6, 6.07) is 0. The Bertz CT molecular complexity index is 351. The van der Waals surface area contributed by atoms with Gasteiger partial charge in [0.25, 0.3) is 0 Å². The van der Waals surface area contributed by atoms with E-state index in [0.29, 0.717) is 6.42 Å². The standard InChI is InChI=1S/C12H19NO3S/c1-9-11(17-8-13-9)7-5-3-2-4-6-10(14)12(15)16/h8,10,14H,2-7H2,1H3,(H,15,16). The SMILES string of the molecule is Cc1ncsc1CCCCCCC(O)C(=O)O. The molecule has 0 aliphatic heterocycles. The molecule has 0 amide bonds. The quantitative estimate of drug-likeness (QED) is 0.701. The van der Waals surface area contributed by atoms with Crippen molar-refractivity contribution < 1.29 is 15.0 Å². The number of aryl methyl sites for hydroxylation is 2. The van der Waals surface area contributed by atoms with Crippen LogP contribution in [-0.4, -0.2) is 27.3 Å². The maximum atomic E-state index is 10.4. The van der Waals surface area contributed by atoms with Crippen molar-refractivity contribution in [2.24, 2.45) is 0 Å². The highest BCUT2D eigenvalue weighted by Crippen LogP contribution is 2.16. The highest BCUT2D eigenvalue weighted by Gasteiger charge is 2.11. The van der Waals surface area contributed by atoms with Crippen LogP contribution < -0.4 is 0 Å². The number of aliphatic carboxylic acids is 1. The summed E-state index contributed by atoms with van der Waals surface area (Å²) >= 11 is 1.69. The normalized spacial score (nSPS) is 12.6. The average molecular weight is 257 g/mol. The van der Waals surface area contributed by atoms with Crippen LogP contribution in [0.2, 0.25) is 0 Å². The molecule has 0 radical (unpaired) electrons. The molecule has 0 spiro atoms. The Kier molecular flexibility index (Phi) is 6.15. The summed E-state index contributed by atoms with van der Waals surface area (Å²) in [7, 11) is 0. The molecule has 17 heavy (non-hydrogen) atoms. The van der Waals surface area contributed by atoms with Crippen molar-refractivity contribution in [3.8, 4) is 0 Å². The van der Waals surface area contributed by atoms with E-state index >= 15 is 0 Å². The maximum Gasteiger partial charge on any atom is 0.332 e. The molecule has 0 aliphatic rings. The lowest BCUT2D eigenvalue weighted by molar-refractivity contribution is -0.146. The van der Waals surface area contributed by atoms with Crippen LogP contribution in [0.4, 0.5) is 0 Å². The third-order valence-electron chi connectivity index (χ3n) is 2.76. The zero-order valence-electron chi connectivity index (χ0n) is 10.1. The first-order valence-corrected chi connectivity index (χ1v) is 6.79. The number of nitrogens with zero attached hydrogens (tertiary/aromatic N) is 1.